The average molecular weight is 224 g/mol. The summed E-state index contributed by atoms with van der Waals surface area (Å²) in [6.07, 6.45) is -2.00. The fourth-order valence-corrected chi connectivity index (χ4v) is 2.06. The maximum atomic E-state index is 12.0. The highest BCUT2D eigenvalue weighted by molar-refractivity contribution is 4.79. The SMILES string of the molecule is CC(NCC(F)(F)F)C1CCCN(C)C1. The molecule has 0 radical (unpaired) electrons. The fourth-order valence-electron chi connectivity index (χ4n) is 2.06. The van der Waals surface area contributed by atoms with Crippen molar-refractivity contribution in [2.75, 3.05) is 26.7 Å². The normalized spacial score (nSPS) is 26.6. The topological polar surface area (TPSA) is 15.3 Å². The van der Waals surface area contributed by atoms with E-state index in [1.54, 1.807) is 0 Å². The number of hydrogen-bond donors (Lipinski definition) is 1. The zero-order valence-corrected chi connectivity index (χ0v) is 9.27. The van der Waals surface area contributed by atoms with Crippen LogP contribution in [0.5, 0.6) is 0 Å². The van der Waals surface area contributed by atoms with Crippen molar-refractivity contribution in [1.82, 2.24) is 10.2 Å². The van der Waals surface area contributed by atoms with E-state index < -0.39 is 12.7 Å². The zero-order valence-electron chi connectivity index (χ0n) is 9.27. The van der Waals surface area contributed by atoms with E-state index in [1.165, 1.54) is 0 Å². The molecule has 0 bridgehead atoms. The van der Waals surface area contributed by atoms with Crippen LogP contribution in [0.15, 0.2) is 0 Å². The molecule has 0 aromatic heterocycles. The second-order valence-electron chi connectivity index (χ2n) is 4.45. The second kappa shape index (κ2) is 5.16. The molecular formula is C10H19F3N2. The van der Waals surface area contributed by atoms with Crippen molar-refractivity contribution < 1.29 is 13.2 Å². The van der Waals surface area contributed by atoms with E-state index >= 15 is 0 Å². The highest BCUT2D eigenvalue weighted by Crippen LogP contribution is 2.20. The van der Waals surface area contributed by atoms with Gasteiger partial charge < -0.3 is 10.2 Å². The molecule has 1 rings (SSSR count). The average Bonchev–Trinajstić information content (AvgIpc) is 2.13. The molecule has 1 fully saturated rings. The van der Waals surface area contributed by atoms with Crippen LogP contribution in [0.4, 0.5) is 13.2 Å². The van der Waals surface area contributed by atoms with Crippen LogP contribution in [0.25, 0.3) is 0 Å². The van der Waals surface area contributed by atoms with Crippen LogP contribution in [0, 0.1) is 5.92 Å². The van der Waals surface area contributed by atoms with Gasteiger partial charge in [-0.2, -0.15) is 13.2 Å². The van der Waals surface area contributed by atoms with Crippen LogP contribution < -0.4 is 5.32 Å². The minimum atomic E-state index is -4.10. The van der Waals surface area contributed by atoms with Gasteiger partial charge in [0.25, 0.3) is 0 Å². The Morgan fingerprint density at radius 3 is 2.67 bits per heavy atom. The molecule has 0 aromatic carbocycles. The Bertz CT molecular complexity index is 194. The molecule has 1 saturated heterocycles. The van der Waals surface area contributed by atoms with Crippen molar-refractivity contribution in [2.24, 2.45) is 5.92 Å². The minimum absolute atomic E-state index is 0.0608. The summed E-state index contributed by atoms with van der Waals surface area (Å²) < 4.78 is 36.0. The van der Waals surface area contributed by atoms with Crippen LogP contribution in [0.2, 0.25) is 0 Å². The first-order valence-electron chi connectivity index (χ1n) is 5.37. The summed E-state index contributed by atoms with van der Waals surface area (Å²) >= 11 is 0. The maximum absolute atomic E-state index is 12.0. The number of hydrogen-bond acceptors (Lipinski definition) is 2. The Morgan fingerprint density at radius 2 is 2.13 bits per heavy atom. The quantitative estimate of drug-likeness (QED) is 0.787. The fraction of sp³-hybridized carbons (Fsp3) is 1.00. The Hall–Kier alpha value is -0.290. The summed E-state index contributed by atoms with van der Waals surface area (Å²) in [7, 11) is 2.02. The lowest BCUT2D eigenvalue weighted by Gasteiger charge is -2.34. The summed E-state index contributed by atoms with van der Waals surface area (Å²) in [6.45, 7) is 2.92. The molecule has 2 nitrogen and oxygen atoms in total. The monoisotopic (exact) mass is 224 g/mol. The molecule has 90 valence electrons. The summed E-state index contributed by atoms with van der Waals surface area (Å²) in [5, 5.41) is 2.56. The molecule has 2 unspecified atom stereocenters. The molecule has 0 amide bonds. The number of piperidine rings is 1. The lowest BCUT2D eigenvalue weighted by molar-refractivity contribution is -0.127. The van der Waals surface area contributed by atoms with Crippen molar-refractivity contribution >= 4 is 0 Å². The van der Waals surface area contributed by atoms with E-state index in [-0.39, 0.29) is 6.04 Å². The summed E-state index contributed by atoms with van der Waals surface area (Å²) in [5.41, 5.74) is 0. The van der Waals surface area contributed by atoms with Crippen LogP contribution in [-0.4, -0.2) is 43.8 Å². The van der Waals surface area contributed by atoms with Gasteiger partial charge in [0.1, 0.15) is 0 Å². The first kappa shape index (κ1) is 12.8. The summed E-state index contributed by atoms with van der Waals surface area (Å²) in [6, 6.07) is -0.0608. The Kier molecular flexibility index (Phi) is 4.40. The molecule has 0 aliphatic carbocycles. The lowest BCUT2D eigenvalue weighted by Crippen LogP contribution is -2.45. The molecule has 1 heterocycles. The maximum Gasteiger partial charge on any atom is 0.401 e. The Labute approximate surface area is 88.8 Å². The van der Waals surface area contributed by atoms with Gasteiger partial charge >= 0.3 is 6.18 Å². The van der Waals surface area contributed by atoms with E-state index in [2.05, 4.69) is 10.2 Å². The van der Waals surface area contributed by atoms with E-state index in [1.807, 2.05) is 14.0 Å². The van der Waals surface area contributed by atoms with Gasteiger partial charge in [-0.3, -0.25) is 0 Å². The van der Waals surface area contributed by atoms with Crippen molar-refractivity contribution in [2.45, 2.75) is 32.0 Å². The van der Waals surface area contributed by atoms with Gasteiger partial charge in [-0.25, -0.2) is 0 Å². The molecular weight excluding hydrogens is 205 g/mol. The van der Waals surface area contributed by atoms with Gasteiger partial charge in [0, 0.05) is 12.6 Å². The lowest BCUT2D eigenvalue weighted by atomic mass is 9.92. The first-order chi connectivity index (χ1) is 6.88. The van der Waals surface area contributed by atoms with Gasteiger partial charge in [-0.05, 0) is 39.3 Å². The van der Waals surface area contributed by atoms with Gasteiger partial charge in [0.05, 0.1) is 6.54 Å². The molecule has 1 aliphatic heterocycles. The van der Waals surface area contributed by atoms with Gasteiger partial charge in [-0.1, -0.05) is 0 Å². The van der Waals surface area contributed by atoms with Gasteiger partial charge in [0.2, 0.25) is 0 Å². The van der Waals surface area contributed by atoms with E-state index in [0.717, 1.165) is 25.9 Å². The van der Waals surface area contributed by atoms with Gasteiger partial charge in [0.15, 0.2) is 0 Å². The third-order valence-corrected chi connectivity index (χ3v) is 2.99. The highest BCUT2D eigenvalue weighted by Gasteiger charge is 2.29. The Balaban J connectivity index is 2.29. The summed E-state index contributed by atoms with van der Waals surface area (Å²) in [5.74, 6) is 0.339. The minimum Gasteiger partial charge on any atom is -0.306 e. The molecule has 1 aliphatic rings. The second-order valence-corrected chi connectivity index (χ2v) is 4.45. The molecule has 5 heteroatoms. The van der Waals surface area contributed by atoms with Gasteiger partial charge in [-0.15, -0.1) is 0 Å². The number of nitrogens with one attached hydrogen (secondary N) is 1. The molecule has 15 heavy (non-hydrogen) atoms. The molecule has 2 atom stereocenters. The molecule has 0 spiro atoms. The van der Waals surface area contributed by atoms with E-state index in [0.29, 0.717) is 5.92 Å². The van der Waals surface area contributed by atoms with Crippen LogP contribution >= 0.6 is 0 Å². The van der Waals surface area contributed by atoms with E-state index in [9.17, 15) is 13.2 Å². The van der Waals surface area contributed by atoms with Crippen LogP contribution in [0.3, 0.4) is 0 Å². The van der Waals surface area contributed by atoms with Crippen molar-refractivity contribution in [3.8, 4) is 0 Å². The third-order valence-electron chi connectivity index (χ3n) is 2.99. The van der Waals surface area contributed by atoms with Crippen LogP contribution in [-0.2, 0) is 0 Å². The summed E-state index contributed by atoms with van der Waals surface area (Å²) in [4.78, 5) is 2.18. The molecule has 1 N–H and O–H groups in total. The number of rotatable bonds is 3. The zero-order chi connectivity index (χ0) is 11.5. The van der Waals surface area contributed by atoms with Crippen molar-refractivity contribution in [3.63, 3.8) is 0 Å². The Morgan fingerprint density at radius 1 is 1.47 bits per heavy atom. The smallest absolute Gasteiger partial charge is 0.306 e. The van der Waals surface area contributed by atoms with Crippen LogP contribution in [0.1, 0.15) is 19.8 Å². The van der Waals surface area contributed by atoms with Crippen molar-refractivity contribution in [1.29, 1.82) is 0 Å². The van der Waals surface area contributed by atoms with Crippen molar-refractivity contribution in [3.05, 3.63) is 0 Å². The standard InChI is InChI=1S/C10H19F3N2/c1-8(14-7-10(11,12)13)9-4-3-5-15(2)6-9/h8-9,14H,3-7H2,1-2H3. The largest absolute Gasteiger partial charge is 0.401 e. The number of likely N-dealkylation sites (tertiary alicyclic amines) is 1. The predicted octanol–water partition coefficient (Wildman–Crippen LogP) is 1.87. The first-order valence-corrected chi connectivity index (χ1v) is 5.37. The molecule has 0 saturated carbocycles. The molecule has 0 aromatic rings. The number of alkyl halides is 3. The number of halogens is 3. The number of nitrogens with zero attached hydrogens (tertiary/aromatic N) is 1. The van der Waals surface area contributed by atoms with E-state index in [4.69, 9.17) is 0 Å². The highest BCUT2D eigenvalue weighted by atomic mass is 19.4. The predicted molar refractivity (Wildman–Crippen MR) is 53.7 cm³/mol. The third kappa shape index (κ3) is 4.84.